The van der Waals surface area contributed by atoms with E-state index in [1.54, 1.807) is 35.5 Å². The molecule has 2 amide bonds. The molecule has 5 rings (SSSR count). The lowest BCUT2D eigenvalue weighted by atomic mass is 9.94. The monoisotopic (exact) mass is 462 g/mol. The zero-order valence-corrected chi connectivity index (χ0v) is 18.9. The summed E-state index contributed by atoms with van der Waals surface area (Å²) in [7, 11) is 0. The first-order chi connectivity index (χ1) is 16.6. The van der Waals surface area contributed by atoms with E-state index >= 15 is 0 Å². The number of amides is 2. The second kappa shape index (κ2) is 9.62. The standard InChI is InChI=1S/C25H27FN6O2/c26-20-5-1-2-6-23(20)30-12-14-32(15-13-30)24(33)18-7-10-31(11-8-18)25(34)22-16-21(28-29-22)19-4-3-9-27-17-19/h1-6,9,16-18H,7-8,10-15H2,(H,28,29). The molecule has 0 unspecified atom stereocenters. The number of aromatic nitrogens is 3. The summed E-state index contributed by atoms with van der Waals surface area (Å²) in [5, 5.41) is 7.07. The molecule has 2 saturated heterocycles. The molecule has 2 aliphatic rings. The van der Waals surface area contributed by atoms with Crippen LogP contribution in [0.3, 0.4) is 0 Å². The lowest BCUT2D eigenvalue weighted by Gasteiger charge is -2.39. The van der Waals surface area contributed by atoms with Gasteiger partial charge in [0.15, 0.2) is 0 Å². The molecule has 0 spiro atoms. The van der Waals surface area contributed by atoms with Crippen LogP contribution in [0.4, 0.5) is 10.1 Å². The van der Waals surface area contributed by atoms with Crippen molar-refractivity contribution in [3.8, 4) is 11.3 Å². The first kappa shape index (κ1) is 22.1. The molecule has 2 aliphatic heterocycles. The molecule has 4 heterocycles. The maximum atomic E-state index is 14.1. The topological polar surface area (TPSA) is 85.4 Å². The van der Waals surface area contributed by atoms with Gasteiger partial charge in [-0.1, -0.05) is 12.1 Å². The van der Waals surface area contributed by atoms with E-state index in [1.165, 1.54) is 6.07 Å². The summed E-state index contributed by atoms with van der Waals surface area (Å²) in [6.45, 7) is 3.46. The number of benzene rings is 1. The van der Waals surface area contributed by atoms with Crippen molar-refractivity contribution in [2.24, 2.45) is 5.92 Å². The van der Waals surface area contributed by atoms with E-state index in [9.17, 15) is 14.0 Å². The second-order valence-corrected chi connectivity index (χ2v) is 8.74. The van der Waals surface area contributed by atoms with Crippen molar-refractivity contribution in [2.45, 2.75) is 12.8 Å². The van der Waals surface area contributed by atoms with Crippen LogP contribution in [0.1, 0.15) is 23.3 Å². The molecule has 1 aromatic carbocycles. The quantitative estimate of drug-likeness (QED) is 0.645. The summed E-state index contributed by atoms with van der Waals surface area (Å²) in [6.07, 6.45) is 4.68. The number of piperazine rings is 1. The van der Waals surface area contributed by atoms with Gasteiger partial charge >= 0.3 is 0 Å². The number of nitrogens with zero attached hydrogens (tertiary/aromatic N) is 5. The smallest absolute Gasteiger partial charge is 0.271 e. The van der Waals surface area contributed by atoms with E-state index in [0.29, 0.717) is 69.2 Å². The molecule has 2 fully saturated rings. The van der Waals surface area contributed by atoms with Gasteiger partial charge in [-0.2, -0.15) is 5.10 Å². The number of hydrogen-bond acceptors (Lipinski definition) is 5. The summed E-state index contributed by atoms with van der Waals surface area (Å²) < 4.78 is 14.1. The van der Waals surface area contributed by atoms with E-state index in [1.807, 2.05) is 28.0 Å². The largest absolute Gasteiger partial charge is 0.366 e. The molecule has 9 heteroatoms. The van der Waals surface area contributed by atoms with Crippen LogP contribution in [0.5, 0.6) is 0 Å². The summed E-state index contributed by atoms with van der Waals surface area (Å²) in [5.41, 5.74) is 2.55. The number of likely N-dealkylation sites (tertiary alicyclic amines) is 1. The van der Waals surface area contributed by atoms with Gasteiger partial charge in [0.25, 0.3) is 5.91 Å². The predicted octanol–water partition coefficient (Wildman–Crippen LogP) is 2.81. The first-order valence-corrected chi connectivity index (χ1v) is 11.6. The van der Waals surface area contributed by atoms with Gasteiger partial charge in [0.2, 0.25) is 5.91 Å². The van der Waals surface area contributed by atoms with Gasteiger partial charge in [-0.25, -0.2) is 4.39 Å². The Balaban J connectivity index is 1.13. The number of pyridine rings is 1. The SMILES string of the molecule is O=C(c1cc(-c2cccnc2)n[nH]1)N1CCC(C(=O)N2CCN(c3ccccc3F)CC2)CC1. The van der Waals surface area contributed by atoms with Crippen LogP contribution >= 0.6 is 0 Å². The maximum Gasteiger partial charge on any atom is 0.271 e. The van der Waals surface area contributed by atoms with Gasteiger partial charge in [-0.15, -0.1) is 0 Å². The van der Waals surface area contributed by atoms with E-state index < -0.39 is 0 Å². The molecule has 0 radical (unpaired) electrons. The lowest BCUT2D eigenvalue weighted by Crippen LogP contribution is -2.52. The minimum atomic E-state index is -0.232. The molecular weight excluding hydrogens is 435 g/mol. The molecule has 0 saturated carbocycles. The van der Waals surface area contributed by atoms with E-state index in [2.05, 4.69) is 15.2 Å². The Hall–Kier alpha value is -3.75. The van der Waals surface area contributed by atoms with Crippen molar-refractivity contribution >= 4 is 17.5 Å². The van der Waals surface area contributed by atoms with Crippen LogP contribution in [0.2, 0.25) is 0 Å². The third-order valence-corrected chi connectivity index (χ3v) is 6.68. The normalized spacial score (nSPS) is 17.1. The highest BCUT2D eigenvalue weighted by Gasteiger charge is 2.32. The van der Waals surface area contributed by atoms with Gasteiger partial charge in [0.1, 0.15) is 11.5 Å². The fraction of sp³-hybridized carbons (Fsp3) is 0.360. The van der Waals surface area contributed by atoms with E-state index in [0.717, 1.165) is 5.56 Å². The van der Waals surface area contributed by atoms with Crippen molar-refractivity contribution in [2.75, 3.05) is 44.2 Å². The molecule has 34 heavy (non-hydrogen) atoms. The van der Waals surface area contributed by atoms with Crippen LogP contribution in [0, 0.1) is 11.7 Å². The van der Waals surface area contributed by atoms with Gasteiger partial charge < -0.3 is 14.7 Å². The van der Waals surface area contributed by atoms with E-state index in [4.69, 9.17) is 0 Å². The number of carbonyl (C=O) groups excluding carboxylic acids is 2. The minimum Gasteiger partial charge on any atom is -0.366 e. The average molecular weight is 463 g/mol. The molecule has 0 aliphatic carbocycles. The number of para-hydroxylation sites is 1. The van der Waals surface area contributed by atoms with Crippen LogP contribution in [0.25, 0.3) is 11.3 Å². The predicted molar refractivity (Wildman–Crippen MR) is 126 cm³/mol. The molecule has 0 bridgehead atoms. The number of carbonyl (C=O) groups is 2. The highest BCUT2D eigenvalue weighted by atomic mass is 19.1. The molecule has 2 aromatic heterocycles. The Morgan fingerprint density at radius 2 is 1.71 bits per heavy atom. The van der Waals surface area contributed by atoms with Crippen LogP contribution < -0.4 is 4.90 Å². The highest BCUT2D eigenvalue weighted by molar-refractivity contribution is 5.93. The summed E-state index contributed by atoms with van der Waals surface area (Å²) >= 11 is 0. The van der Waals surface area contributed by atoms with Gasteiger partial charge in [-0.05, 0) is 43.2 Å². The molecule has 0 atom stereocenters. The molecule has 176 valence electrons. The Labute approximate surface area is 197 Å². The Bertz CT molecular complexity index is 1150. The summed E-state index contributed by atoms with van der Waals surface area (Å²) in [6, 6.07) is 12.2. The second-order valence-electron chi connectivity index (χ2n) is 8.74. The van der Waals surface area contributed by atoms with Crippen molar-refractivity contribution < 1.29 is 14.0 Å². The number of rotatable bonds is 4. The fourth-order valence-corrected chi connectivity index (χ4v) is 4.73. The third kappa shape index (κ3) is 4.50. The van der Waals surface area contributed by atoms with Crippen molar-refractivity contribution in [3.63, 3.8) is 0 Å². The third-order valence-electron chi connectivity index (χ3n) is 6.68. The van der Waals surface area contributed by atoms with Crippen molar-refractivity contribution in [1.29, 1.82) is 0 Å². The number of anilines is 1. The highest BCUT2D eigenvalue weighted by Crippen LogP contribution is 2.25. The van der Waals surface area contributed by atoms with Crippen LogP contribution in [-0.4, -0.2) is 76.1 Å². The van der Waals surface area contributed by atoms with Crippen LogP contribution in [0.15, 0.2) is 54.9 Å². The summed E-state index contributed by atoms with van der Waals surface area (Å²) in [5.74, 6) is -0.284. The van der Waals surface area contributed by atoms with Crippen molar-refractivity contribution in [1.82, 2.24) is 25.0 Å². The number of halogens is 1. The number of H-pyrrole nitrogens is 1. The van der Waals surface area contributed by atoms with E-state index in [-0.39, 0.29) is 23.5 Å². The molecule has 8 nitrogen and oxygen atoms in total. The summed E-state index contributed by atoms with van der Waals surface area (Å²) in [4.78, 5) is 35.7. The Morgan fingerprint density at radius 3 is 2.41 bits per heavy atom. The number of hydrogen-bond donors (Lipinski definition) is 1. The van der Waals surface area contributed by atoms with Crippen LogP contribution in [-0.2, 0) is 4.79 Å². The Morgan fingerprint density at radius 1 is 0.941 bits per heavy atom. The number of aromatic amines is 1. The fourth-order valence-electron chi connectivity index (χ4n) is 4.73. The van der Waals surface area contributed by atoms with Gasteiger partial charge in [-0.3, -0.25) is 19.7 Å². The molecular formula is C25H27FN6O2. The van der Waals surface area contributed by atoms with Gasteiger partial charge in [0.05, 0.1) is 11.4 Å². The first-order valence-electron chi connectivity index (χ1n) is 11.6. The zero-order valence-electron chi connectivity index (χ0n) is 18.9. The average Bonchev–Trinajstić information content (AvgIpc) is 3.39. The molecule has 3 aromatic rings. The molecule has 1 N–H and O–H groups in total. The van der Waals surface area contributed by atoms with Crippen molar-refractivity contribution in [3.05, 3.63) is 66.4 Å². The number of piperidine rings is 1. The lowest BCUT2D eigenvalue weighted by molar-refractivity contribution is -0.137. The Kier molecular flexibility index (Phi) is 6.24. The maximum absolute atomic E-state index is 14.1. The number of nitrogens with one attached hydrogen (secondary N) is 1. The minimum absolute atomic E-state index is 0.0863. The van der Waals surface area contributed by atoms with Gasteiger partial charge in [0, 0.05) is 63.1 Å². The zero-order chi connectivity index (χ0) is 23.5.